The molecule has 27 heavy (non-hydrogen) atoms. The van der Waals surface area contributed by atoms with Crippen molar-refractivity contribution in [3.05, 3.63) is 23.9 Å². The number of hydrogen-bond donors (Lipinski definition) is 2. The zero-order chi connectivity index (χ0) is 17.8. The van der Waals surface area contributed by atoms with E-state index < -0.39 is 0 Å². The summed E-state index contributed by atoms with van der Waals surface area (Å²) in [6, 6.07) is 5.70. The van der Waals surface area contributed by atoms with Gasteiger partial charge in [-0.25, -0.2) is 4.98 Å². The molecule has 1 aromatic rings. The van der Waals surface area contributed by atoms with Crippen LogP contribution in [0.15, 0.2) is 18.2 Å². The first-order valence-electron chi connectivity index (χ1n) is 9.32. The van der Waals surface area contributed by atoms with Crippen LogP contribution in [-0.4, -0.2) is 40.8 Å². The van der Waals surface area contributed by atoms with Crippen LogP contribution >= 0.6 is 24.8 Å². The van der Waals surface area contributed by atoms with Gasteiger partial charge in [-0.05, 0) is 51.2 Å². The second kappa shape index (κ2) is 10.8. The first-order chi connectivity index (χ1) is 12.0. The highest BCUT2D eigenvalue weighted by Crippen LogP contribution is 2.27. The molecule has 2 fully saturated rings. The van der Waals surface area contributed by atoms with E-state index in [0.717, 1.165) is 50.8 Å². The highest BCUT2D eigenvalue weighted by molar-refractivity contribution is 5.92. The van der Waals surface area contributed by atoms with Gasteiger partial charge in [-0.2, -0.15) is 0 Å². The minimum absolute atomic E-state index is 0. The predicted molar refractivity (Wildman–Crippen MR) is 111 cm³/mol. The van der Waals surface area contributed by atoms with E-state index in [-0.39, 0.29) is 54.5 Å². The molecule has 2 heterocycles. The third kappa shape index (κ3) is 6.33. The first-order valence-corrected chi connectivity index (χ1v) is 9.32. The van der Waals surface area contributed by atoms with E-state index in [1.807, 2.05) is 24.0 Å². The Kier molecular flexibility index (Phi) is 9.50. The number of piperidine rings is 1. The monoisotopic (exact) mass is 416 g/mol. The number of nitrogens with one attached hydrogen (secondary N) is 1. The summed E-state index contributed by atoms with van der Waals surface area (Å²) in [7, 11) is 0. The normalized spacial score (nSPS) is 25.0. The molecular weight excluding hydrogens is 387 g/mol. The summed E-state index contributed by atoms with van der Waals surface area (Å²) in [5, 5.41) is 2.89. The van der Waals surface area contributed by atoms with Gasteiger partial charge in [0.05, 0.1) is 5.92 Å². The van der Waals surface area contributed by atoms with Crippen LogP contribution in [-0.2, 0) is 9.59 Å². The molecule has 0 aromatic carbocycles. The predicted octanol–water partition coefficient (Wildman–Crippen LogP) is 2.93. The van der Waals surface area contributed by atoms with E-state index in [2.05, 4.69) is 10.3 Å². The summed E-state index contributed by atoms with van der Waals surface area (Å²) in [6.45, 7) is 3.14. The van der Waals surface area contributed by atoms with Gasteiger partial charge in [0.2, 0.25) is 11.8 Å². The molecule has 2 amide bonds. The molecule has 1 aromatic heterocycles. The average molecular weight is 417 g/mol. The fourth-order valence-corrected chi connectivity index (χ4v) is 3.94. The van der Waals surface area contributed by atoms with Crippen LogP contribution in [0.2, 0.25) is 0 Å². The van der Waals surface area contributed by atoms with E-state index in [0.29, 0.717) is 12.4 Å². The number of halogens is 2. The summed E-state index contributed by atoms with van der Waals surface area (Å²) in [5.74, 6) is 0.574. The Labute approximate surface area is 173 Å². The second-order valence-electron chi connectivity index (χ2n) is 7.40. The molecule has 1 aliphatic heterocycles. The van der Waals surface area contributed by atoms with Crippen molar-refractivity contribution < 1.29 is 9.59 Å². The summed E-state index contributed by atoms with van der Waals surface area (Å²) in [5.41, 5.74) is 6.89. The quantitative estimate of drug-likeness (QED) is 0.792. The number of nitrogens with zero attached hydrogens (tertiary/aromatic N) is 2. The number of hydrogen-bond acceptors (Lipinski definition) is 4. The number of rotatable bonds is 3. The maximum atomic E-state index is 12.8. The van der Waals surface area contributed by atoms with Crippen LogP contribution in [0, 0.1) is 18.8 Å². The molecule has 1 saturated carbocycles. The van der Waals surface area contributed by atoms with E-state index in [1.54, 1.807) is 6.07 Å². The molecule has 2 aliphatic rings. The van der Waals surface area contributed by atoms with Crippen molar-refractivity contribution in [2.45, 2.75) is 51.5 Å². The van der Waals surface area contributed by atoms with Gasteiger partial charge < -0.3 is 16.0 Å². The zero-order valence-electron chi connectivity index (χ0n) is 15.7. The number of anilines is 1. The van der Waals surface area contributed by atoms with Crippen molar-refractivity contribution >= 4 is 42.4 Å². The molecule has 6 nitrogen and oxygen atoms in total. The van der Waals surface area contributed by atoms with E-state index >= 15 is 0 Å². The Hall–Kier alpha value is -1.37. The SMILES string of the molecule is Cc1cccc(NC(=O)C2CCCN(C(=O)C3CCCC(N)C3)C2)n1.Cl.Cl. The third-order valence-corrected chi connectivity index (χ3v) is 5.31. The van der Waals surface area contributed by atoms with Gasteiger partial charge in [-0.3, -0.25) is 9.59 Å². The van der Waals surface area contributed by atoms with Crippen LogP contribution in [0.4, 0.5) is 5.82 Å². The van der Waals surface area contributed by atoms with Gasteiger partial charge in [0.25, 0.3) is 0 Å². The molecule has 3 rings (SSSR count). The van der Waals surface area contributed by atoms with Crippen molar-refractivity contribution in [1.82, 2.24) is 9.88 Å². The van der Waals surface area contributed by atoms with Gasteiger partial charge in [-0.15, -0.1) is 24.8 Å². The van der Waals surface area contributed by atoms with Crippen molar-refractivity contribution in [3.63, 3.8) is 0 Å². The van der Waals surface area contributed by atoms with Crippen LogP contribution in [0.1, 0.15) is 44.2 Å². The van der Waals surface area contributed by atoms with Crippen LogP contribution in [0.25, 0.3) is 0 Å². The molecule has 0 spiro atoms. The number of aryl methyl sites for hydroxylation is 1. The van der Waals surface area contributed by atoms with E-state index in [4.69, 9.17) is 5.73 Å². The number of nitrogens with two attached hydrogens (primary N) is 1. The molecule has 3 unspecified atom stereocenters. The fraction of sp³-hybridized carbons (Fsp3) is 0.632. The number of pyridine rings is 1. The number of carbonyl (C=O) groups excluding carboxylic acids is 2. The lowest BCUT2D eigenvalue weighted by molar-refractivity contribution is -0.139. The Bertz CT molecular complexity index is 644. The second-order valence-corrected chi connectivity index (χ2v) is 7.40. The maximum Gasteiger partial charge on any atom is 0.230 e. The fourth-order valence-electron chi connectivity index (χ4n) is 3.94. The van der Waals surface area contributed by atoms with Gasteiger partial charge in [-0.1, -0.05) is 12.5 Å². The van der Waals surface area contributed by atoms with Crippen molar-refractivity contribution in [2.24, 2.45) is 17.6 Å². The highest BCUT2D eigenvalue weighted by atomic mass is 35.5. The van der Waals surface area contributed by atoms with Crippen molar-refractivity contribution in [3.8, 4) is 0 Å². The first kappa shape index (κ1) is 23.7. The lowest BCUT2D eigenvalue weighted by Gasteiger charge is -2.36. The Morgan fingerprint density at radius 2 is 1.89 bits per heavy atom. The largest absolute Gasteiger partial charge is 0.342 e. The molecule has 0 radical (unpaired) electrons. The minimum Gasteiger partial charge on any atom is -0.342 e. The van der Waals surface area contributed by atoms with Crippen molar-refractivity contribution in [1.29, 1.82) is 0 Å². The summed E-state index contributed by atoms with van der Waals surface area (Å²) < 4.78 is 0. The Morgan fingerprint density at radius 3 is 2.59 bits per heavy atom. The molecular formula is C19H30Cl2N4O2. The summed E-state index contributed by atoms with van der Waals surface area (Å²) >= 11 is 0. The molecule has 1 aliphatic carbocycles. The number of aromatic nitrogens is 1. The van der Waals surface area contributed by atoms with E-state index in [9.17, 15) is 9.59 Å². The maximum absolute atomic E-state index is 12.8. The standard InChI is InChI=1S/C19H28N4O2.2ClH/c1-13-5-2-9-17(21-13)22-18(24)15-7-4-10-23(12-15)19(25)14-6-3-8-16(20)11-14;;/h2,5,9,14-16H,3-4,6-8,10-12,20H2,1H3,(H,21,22,24);2*1H. The average Bonchev–Trinajstić information content (AvgIpc) is 2.61. The Balaban J connectivity index is 0.00000182. The van der Waals surface area contributed by atoms with Crippen LogP contribution in [0.5, 0.6) is 0 Å². The van der Waals surface area contributed by atoms with Gasteiger partial charge in [0.1, 0.15) is 5.82 Å². The molecule has 152 valence electrons. The van der Waals surface area contributed by atoms with Crippen molar-refractivity contribution in [2.75, 3.05) is 18.4 Å². The summed E-state index contributed by atoms with van der Waals surface area (Å²) in [6.07, 6.45) is 5.41. The molecule has 0 bridgehead atoms. The molecule has 3 atom stereocenters. The smallest absolute Gasteiger partial charge is 0.230 e. The van der Waals surface area contributed by atoms with Crippen LogP contribution < -0.4 is 11.1 Å². The van der Waals surface area contributed by atoms with Gasteiger partial charge in [0.15, 0.2) is 0 Å². The zero-order valence-corrected chi connectivity index (χ0v) is 17.4. The number of likely N-dealkylation sites (tertiary alicyclic amines) is 1. The highest BCUT2D eigenvalue weighted by Gasteiger charge is 2.33. The van der Waals surface area contributed by atoms with E-state index in [1.165, 1.54) is 0 Å². The Morgan fingerprint density at radius 1 is 1.15 bits per heavy atom. The molecule has 1 saturated heterocycles. The third-order valence-electron chi connectivity index (χ3n) is 5.31. The topological polar surface area (TPSA) is 88.3 Å². The van der Waals surface area contributed by atoms with Crippen LogP contribution in [0.3, 0.4) is 0 Å². The van der Waals surface area contributed by atoms with Gasteiger partial charge in [0, 0.05) is 30.7 Å². The number of amides is 2. The number of carbonyl (C=O) groups is 2. The summed E-state index contributed by atoms with van der Waals surface area (Å²) in [4.78, 5) is 31.6. The molecule has 8 heteroatoms. The lowest BCUT2D eigenvalue weighted by Crippen LogP contribution is -2.47. The van der Waals surface area contributed by atoms with Gasteiger partial charge >= 0.3 is 0 Å². The molecule has 3 N–H and O–H groups in total. The lowest BCUT2D eigenvalue weighted by atomic mass is 9.84. The minimum atomic E-state index is -0.169.